The summed E-state index contributed by atoms with van der Waals surface area (Å²) in [6.07, 6.45) is 3.32. The summed E-state index contributed by atoms with van der Waals surface area (Å²) in [6, 6.07) is 18.5. The molecule has 2 aromatic carbocycles. The van der Waals surface area contributed by atoms with Gasteiger partial charge in [-0.15, -0.1) is 0 Å². The number of likely N-dealkylation sites (N-methyl/N-ethyl adjacent to an activating group) is 1. The van der Waals surface area contributed by atoms with Gasteiger partial charge in [0.05, 0.1) is 13.2 Å². The fraction of sp³-hybridized carbons (Fsp3) is 0.273. The molecule has 2 aromatic heterocycles. The minimum absolute atomic E-state index is 0.0583. The topological polar surface area (TPSA) is 140 Å². The summed E-state index contributed by atoms with van der Waals surface area (Å²) in [5.74, 6) is -0.623. The maximum Gasteiger partial charge on any atom is 0.274 e. The highest BCUT2D eigenvalue weighted by Gasteiger charge is 2.16. The summed E-state index contributed by atoms with van der Waals surface area (Å²) in [5.41, 5.74) is 7.44. The molecule has 0 spiro atoms. The molecule has 0 saturated heterocycles. The number of pyridine rings is 2. The zero-order chi connectivity index (χ0) is 30.8. The molecular weight excluding hydrogens is 544 g/mol. The van der Waals surface area contributed by atoms with E-state index in [0.717, 1.165) is 33.4 Å². The Labute approximate surface area is 251 Å². The third-order valence-electron chi connectivity index (χ3n) is 7.12. The summed E-state index contributed by atoms with van der Waals surface area (Å²) >= 11 is 0. The van der Waals surface area contributed by atoms with Crippen molar-refractivity contribution in [3.05, 3.63) is 107 Å². The molecule has 2 amide bonds. The fourth-order valence-electron chi connectivity index (χ4n) is 4.69. The van der Waals surface area contributed by atoms with Crippen LogP contribution in [0.1, 0.15) is 43.2 Å². The van der Waals surface area contributed by atoms with Gasteiger partial charge >= 0.3 is 0 Å². The van der Waals surface area contributed by atoms with Crippen LogP contribution in [-0.2, 0) is 13.1 Å². The summed E-state index contributed by atoms with van der Waals surface area (Å²) in [7, 11) is 1.91. The van der Waals surface area contributed by atoms with E-state index in [1.165, 1.54) is 0 Å². The predicted molar refractivity (Wildman–Crippen MR) is 168 cm³/mol. The first-order valence-electron chi connectivity index (χ1n) is 14.1. The molecule has 0 unspecified atom stereocenters. The van der Waals surface area contributed by atoms with Crippen LogP contribution in [0.25, 0.3) is 11.1 Å². The minimum atomic E-state index is -0.314. The molecule has 4 aromatic rings. The molecule has 0 aliphatic rings. The van der Waals surface area contributed by atoms with E-state index in [9.17, 15) is 9.59 Å². The number of hydrogen-bond donors (Lipinski definition) is 5. The fourth-order valence-corrected chi connectivity index (χ4v) is 4.69. The van der Waals surface area contributed by atoms with Crippen molar-refractivity contribution >= 4 is 23.2 Å². The number of rotatable bonds is 13. The van der Waals surface area contributed by atoms with Gasteiger partial charge in [-0.1, -0.05) is 36.4 Å². The summed E-state index contributed by atoms with van der Waals surface area (Å²) < 4.78 is 0. The SMILES string of the molecule is Cc1c(NC(=O)c2ccc(CNCCO)cn2)cccc1-c1cccc(NC(=O)c2ccc(CN(C)CCO)cn2)c1C. The van der Waals surface area contributed by atoms with Crippen molar-refractivity contribution in [2.24, 2.45) is 0 Å². The highest BCUT2D eigenvalue weighted by Crippen LogP contribution is 2.34. The van der Waals surface area contributed by atoms with E-state index < -0.39 is 0 Å². The van der Waals surface area contributed by atoms with Gasteiger partial charge in [-0.05, 0) is 78.5 Å². The monoisotopic (exact) mass is 582 g/mol. The minimum Gasteiger partial charge on any atom is -0.395 e. The molecule has 4 rings (SSSR count). The number of nitrogens with one attached hydrogen (secondary N) is 3. The lowest BCUT2D eigenvalue weighted by atomic mass is 9.94. The second-order valence-electron chi connectivity index (χ2n) is 10.3. The maximum atomic E-state index is 13.0. The number of carbonyl (C=O) groups excluding carboxylic acids is 2. The van der Waals surface area contributed by atoms with Crippen LogP contribution in [0.5, 0.6) is 0 Å². The molecule has 0 aliphatic carbocycles. The number of hydrogen-bond acceptors (Lipinski definition) is 8. The van der Waals surface area contributed by atoms with Crippen molar-refractivity contribution in [2.75, 3.05) is 44.0 Å². The lowest BCUT2D eigenvalue weighted by Gasteiger charge is -2.17. The van der Waals surface area contributed by atoms with E-state index in [2.05, 4.69) is 25.9 Å². The first-order chi connectivity index (χ1) is 20.8. The Balaban J connectivity index is 1.47. The van der Waals surface area contributed by atoms with Crippen molar-refractivity contribution in [2.45, 2.75) is 26.9 Å². The summed E-state index contributed by atoms with van der Waals surface area (Å²) in [5, 5.41) is 27.0. The van der Waals surface area contributed by atoms with Crippen LogP contribution in [0.15, 0.2) is 73.1 Å². The molecule has 5 N–H and O–H groups in total. The zero-order valence-corrected chi connectivity index (χ0v) is 24.7. The van der Waals surface area contributed by atoms with Crippen molar-refractivity contribution in [1.82, 2.24) is 20.2 Å². The van der Waals surface area contributed by atoms with Gasteiger partial charge in [0.25, 0.3) is 11.8 Å². The van der Waals surface area contributed by atoms with Gasteiger partial charge in [0.2, 0.25) is 0 Å². The van der Waals surface area contributed by atoms with E-state index >= 15 is 0 Å². The van der Waals surface area contributed by atoms with Crippen LogP contribution in [0.3, 0.4) is 0 Å². The third kappa shape index (κ3) is 8.30. The van der Waals surface area contributed by atoms with Crippen LogP contribution in [0.2, 0.25) is 0 Å². The van der Waals surface area contributed by atoms with E-state index in [1.54, 1.807) is 24.5 Å². The molecular formula is C33H38N6O4. The van der Waals surface area contributed by atoms with Crippen molar-refractivity contribution in [1.29, 1.82) is 0 Å². The largest absolute Gasteiger partial charge is 0.395 e. The molecule has 10 heteroatoms. The molecule has 0 radical (unpaired) electrons. The first kappa shape index (κ1) is 31.5. The molecule has 0 saturated carbocycles. The summed E-state index contributed by atoms with van der Waals surface area (Å²) in [4.78, 5) is 36.6. The number of nitrogens with zero attached hydrogens (tertiary/aromatic N) is 3. The Morgan fingerprint density at radius 3 is 1.74 bits per heavy atom. The van der Waals surface area contributed by atoms with E-state index in [1.807, 2.05) is 74.3 Å². The second kappa shape index (κ2) is 15.1. The highest BCUT2D eigenvalue weighted by atomic mass is 16.3. The Hall–Kier alpha value is -4.48. The third-order valence-corrected chi connectivity index (χ3v) is 7.12. The Morgan fingerprint density at radius 2 is 1.28 bits per heavy atom. The lowest BCUT2D eigenvalue weighted by Crippen LogP contribution is -2.21. The second-order valence-corrected chi connectivity index (χ2v) is 10.3. The number of amides is 2. The van der Waals surface area contributed by atoms with Crippen LogP contribution in [-0.4, -0.2) is 70.2 Å². The quantitative estimate of drug-likeness (QED) is 0.150. The van der Waals surface area contributed by atoms with Gasteiger partial charge in [0, 0.05) is 49.9 Å². The number of anilines is 2. The molecule has 0 bridgehead atoms. The number of aliphatic hydroxyl groups is 2. The molecule has 0 fully saturated rings. The van der Waals surface area contributed by atoms with Crippen molar-refractivity contribution < 1.29 is 19.8 Å². The van der Waals surface area contributed by atoms with Crippen LogP contribution in [0.4, 0.5) is 11.4 Å². The van der Waals surface area contributed by atoms with Gasteiger partial charge in [0.1, 0.15) is 11.4 Å². The summed E-state index contributed by atoms with van der Waals surface area (Å²) in [6.45, 7) is 6.27. The molecule has 0 atom stereocenters. The van der Waals surface area contributed by atoms with Gasteiger partial charge in [-0.2, -0.15) is 0 Å². The Bertz CT molecular complexity index is 1540. The van der Waals surface area contributed by atoms with Crippen molar-refractivity contribution in [3.8, 4) is 11.1 Å². The Kier molecular flexibility index (Phi) is 11.1. The van der Waals surface area contributed by atoms with Gasteiger partial charge < -0.3 is 26.2 Å². The average molecular weight is 583 g/mol. The predicted octanol–water partition coefficient (Wildman–Crippen LogP) is 3.77. The number of aromatic nitrogens is 2. The lowest BCUT2D eigenvalue weighted by molar-refractivity contribution is 0.101. The highest BCUT2D eigenvalue weighted by molar-refractivity contribution is 6.05. The maximum absolute atomic E-state index is 13.0. The molecule has 224 valence electrons. The standard InChI is InChI=1S/C33H38N6O4/c1-22-26(6-4-8-28(22)37-32(42)30-12-10-24(19-35-30)18-34-14-16-40)27-7-5-9-29(23(27)2)38-33(43)31-13-11-25(20-36-31)21-39(3)15-17-41/h4-13,19-20,34,40-41H,14-18,21H2,1-3H3,(H,37,42)(H,38,43). The molecule has 43 heavy (non-hydrogen) atoms. The van der Waals surface area contributed by atoms with Crippen molar-refractivity contribution in [3.63, 3.8) is 0 Å². The van der Waals surface area contributed by atoms with Gasteiger partial charge in [-0.25, -0.2) is 0 Å². The average Bonchev–Trinajstić information content (AvgIpc) is 3.00. The number of benzene rings is 2. The van der Waals surface area contributed by atoms with Crippen LogP contribution >= 0.6 is 0 Å². The van der Waals surface area contributed by atoms with Crippen LogP contribution < -0.4 is 16.0 Å². The Morgan fingerprint density at radius 1 is 0.744 bits per heavy atom. The van der Waals surface area contributed by atoms with E-state index in [0.29, 0.717) is 48.9 Å². The molecule has 10 nitrogen and oxygen atoms in total. The first-order valence-corrected chi connectivity index (χ1v) is 14.1. The van der Waals surface area contributed by atoms with E-state index in [4.69, 9.17) is 10.2 Å². The zero-order valence-electron chi connectivity index (χ0n) is 24.7. The van der Waals surface area contributed by atoms with E-state index in [-0.39, 0.29) is 25.0 Å². The normalized spacial score (nSPS) is 11.0. The van der Waals surface area contributed by atoms with Gasteiger partial charge in [0.15, 0.2) is 0 Å². The van der Waals surface area contributed by atoms with Gasteiger partial charge in [-0.3, -0.25) is 24.5 Å². The number of aliphatic hydroxyl groups excluding tert-OH is 2. The number of carbonyl (C=O) groups is 2. The molecule has 0 aliphatic heterocycles. The van der Waals surface area contributed by atoms with Crippen LogP contribution in [0, 0.1) is 13.8 Å². The smallest absolute Gasteiger partial charge is 0.274 e. The molecule has 2 heterocycles.